The number of halogens is 2. The van der Waals surface area contributed by atoms with E-state index in [9.17, 15) is 13.9 Å². The van der Waals surface area contributed by atoms with Crippen LogP contribution in [0, 0.1) is 5.92 Å². The van der Waals surface area contributed by atoms with Crippen molar-refractivity contribution in [3.8, 4) is 22.8 Å². The Morgan fingerprint density at radius 3 is 3.04 bits per heavy atom. The third-order valence-corrected chi connectivity index (χ3v) is 3.92. The molecule has 1 fully saturated rings. The smallest absolute Gasteiger partial charge is 0.257 e. The second-order valence-corrected chi connectivity index (χ2v) is 5.50. The van der Waals surface area contributed by atoms with E-state index in [2.05, 4.69) is 10.3 Å². The Balaban J connectivity index is 1.78. The van der Waals surface area contributed by atoms with Crippen molar-refractivity contribution in [3.63, 3.8) is 0 Å². The lowest BCUT2D eigenvalue weighted by Crippen LogP contribution is -2.40. The summed E-state index contributed by atoms with van der Waals surface area (Å²) in [6.45, 7) is 0.129. The Morgan fingerprint density at radius 1 is 1.48 bits per heavy atom. The van der Waals surface area contributed by atoms with Crippen LogP contribution < -0.4 is 4.74 Å². The van der Waals surface area contributed by atoms with Gasteiger partial charge in [-0.2, -0.15) is 0 Å². The van der Waals surface area contributed by atoms with Gasteiger partial charge in [0.1, 0.15) is 5.69 Å². The van der Waals surface area contributed by atoms with E-state index in [-0.39, 0.29) is 31.9 Å². The van der Waals surface area contributed by atoms with Gasteiger partial charge in [-0.25, -0.2) is 8.78 Å². The molecule has 0 bridgehead atoms. The van der Waals surface area contributed by atoms with Gasteiger partial charge in [-0.3, -0.25) is 4.68 Å². The number of phenols is 1. The Kier molecular flexibility index (Phi) is 4.16. The van der Waals surface area contributed by atoms with Crippen LogP contribution in [-0.2, 0) is 11.3 Å². The minimum atomic E-state index is -2.76. The third-order valence-electron chi connectivity index (χ3n) is 3.92. The molecule has 1 saturated heterocycles. The Hall–Kier alpha value is -2.22. The molecule has 3 rings (SSSR count). The quantitative estimate of drug-likeness (QED) is 0.934. The molecule has 2 heterocycles. The molecule has 1 atom stereocenters. The first-order valence-corrected chi connectivity index (χ1v) is 7.22. The molecule has 1 aromatic heterocycles. The normalized spacial score (nSPS) is 20.4. The number of aromatic nitrogens is 3. The number of phenolic OH excluding ortho intramolecular Hbond substituents is 1. The van der Waals surface area contributed by atoms with Crippen LogP contribution in [0.25, 0.3) is 11.3 Å². The Labute approximate surface area is 131 Å². The summed E-state index contributed by atoms with van der Waals surface area (Å²) in [7, 11) is 1.45. The number of nitrogens with zero attached hydrogens (tertiary/aromatic N) is 3. The van der Waals surface area contributed by atoms with Gasteiger partial charge in [0.25, 0.3) is 5.92 Å². The molecular weight excluding hydrogens is 308 g/mol. The van der Waals surface area contributed by atoms with Gasteiger partial charge in [0.05, 0.1) is 39.0 Å². The minimum Gasteiger partial charge on any atom is -0.504 e. The number of hydrogen-bond donors (Lipinski definition) is 1. The largest absolute Gasteiger partial charge is 0.504 e. The number of aromatic hydroxyl groups is 1. The van der Waals surface area contributed by atoms with Crippen LogP contribution in [0.15, 0.2) is 24.4 Å². The van der Waals surface area contributed by atoms with Gasteiger partial charge >= 0.3 is 0 Å². The summed E-state index contributed by atoms with van der Waals surface area (Å²) in [5.74, 6) is -3.35. The molecular formula is C15H17F2N3O3. The summed E-state index contributed by atoms with van der Waals surface area (Å²) in [4.78, 5) is 0. The monoisotopic (exact) mass is 325 g/mol. The van der Waals surface area contributed by atoms with Crippen LogP contribution in [0.4, 0.5) is 8.78 Å². The van der Waals surface area contributed by atoms with E-state index in [1.54, 1.807) is 18.3 Å². The van der Waals surface area contributed by atoms with Gasteiger partial charge in [-0.1, -0.05) is 5.21 Å². The first-order chi connectivity index (χ1) is 11.0. The van der Waals surface area contributed by atoms with Crippen molar-refractivity contribution in [2.24, 2.45) is 5.92 Å². The zero-order chi connectivity index (χ0) is 16.4. The highest BCUT2D eigenvalue weighted by atomic mass is 19.3. The molecule has 1 unspecified atom stereocenters. The zero-order valence-electron chi connectivity index (χ0n) is 12.6. The number of rotatable bonds is 4. The van der Waals surface area contributed by atoms with Crippen molar-refractivity contribution in [1.29, 1.82) is 0 Å². The summed E-state index contributed by atoms with van der Waals surface area (Å²) in [5.41, 5.74) is 1.20. The predicted octanol–water partition coefficient (Wildman–Crippen LogP) is 2.33. The van der Waals surface area contributed by atoms with Crippen LogP contribution in [0.3, 0.4) is 0 Å². The molecule has 8 heteroatoms. The van der Waals surface area contributed by atoms with Gasteiger partial charge in [0.2, 0.25) is 0 Å². The minimum absolute atomic E-state index is 0.00915. The highest BCUT2D eigenvalue weighted by Gasteiger charge is 2.42. The molecule has 0 saturated carbocycles. The van der Waals surface area contributed by atoms with Crippen molar-refractivity contribution in [1.82, 2.24) is 15.0 Å². The Morgan fingerprint density at radius 2 is 2.30 bits per heavy atom. The second kappa shape index (κ2) is 6.11. The maximum Gasteiger partial charge on any atom is 0.257 e. The van der Waals surface area contributed by atoms with E-state index in [0.29, 0.717) is 17.0 Å². The number of hydrogen-bond acceptors (Lipinski definition) is 5. The van der Waals surface area contributed by atoms with Crippen LogP contribution in [0.5, 0.6) is 11.5 Å². The van der Waals surface area contributed by atoms with Crippen LogP contribution >= 0.6 is 0 Å². The standard InChI is InChI=1S/C15H17F2N3O3/c1-22-14-6-10(2-3-13(14)21)12-8-20(19-18-12)7-11-9-23-5-4-15(11,16)17/h2-3,6,8,11,21H,4-5,7,9H2,1H3. The van der Waals surface area contributed by atoms with Crippen LogP contribution in [0.2, 0.25) is 0 Å². The molecule has 0 spiro atoms. The van der Waals surface area contributed by atoms with E-state index in [0.717, 1.165) is 0 Å². The maximum atomic E-state index is 13.8. The van der Waals surface area contributed by atoms with E-state index in [1.807, 2.05) is 0 Å². The van der Waals surface area contributed by atoms with Crippen molar-refractivity contribution in [2.75, 3.05) is 20.3 Å². The third kappa shape index (κ3) is 3.26. The summed E-state index contributed by atoms with van der Waals surface area (Å²) >= 11 is 0. The average molecular weight is 325 g/mol. The number of ether oxygens (including phenoxy) is 2. The lowest BCUT2D eigenvalue weighted by molar-refractivity contribution is -0.146. The van der Waals surface area contributed by atoms with Crippen LogP contribution in [-0.4, -0.2) is 46.3 Å². The van der Waals surface area contributed by atoms with Gasteiger partial charge < -0.3 is 14.6 Å². The molecule has 124 valence electrons. The Bertz CT molecular complexity index is 690. The highest BCUT2D eigenvalue weighted by Crippen LogP contribution is 2.34. The molecule has 0 amide bonds. The molecule has 1 aliphatic heterocycles. The van der Waals surface area contributed by atoms with E-state index in [1.165, 1.54) is 17.9 Å². The van der Waals surface area contributed by atoms with Gasteiger partial charge in [0, 0.05) is 12.0 Å². The van der Waals surface area contributed by atoms with Crippen molar-refractivity contribution in [2.45, 2.75) is 18.9 Å². The molecule has 1 aromatic carbocycles. The number of alkyl halides is 2. The second-order valence-electron chi connectivity index (χ2n) is 5.50. The fourth-order valence-electron chi connectivity index (χ4n) is 2.53. The molecule has 0 aliphatic carbocycles. The average Bonchev–Trinajstić information content (AvgIpc) is 2.98. The van der Waals surface area contributed by atoms with E-state index in [4.69, 9.17) is 9.47 Å². The molecule has 6 nitrogen and oxygen atoms in total. The first kappa shape index (κ1) is 15.7. The van der Waals surface area contributed by atoms with E-state index >= 15 is 0 Å². The topological polar surface area (TPSA) is 69.4 Å². The molecule has 1 N–H and O–H groups in total. The van der Waals surface area contributed by atoms with E-state index < -0.39 is 11.8 Å². The first-order valence-electron chi connectivity index (χ1n) is 7.22. The SMILES string of the molecule is COc1cc(-c2cn(CC3COCCC3(F)F)nn2)ccc1O. The van der Waals surface area contributed by atoms with Gasteiger partial charge in [0.15, 0.2) is 11.5 Å². The van der Waals surface area contributed by atoms with Crippen molar-refractivity contribution in [3.05, 3.63) is 24.4 Å². The summed E-state index contributed by atoms with van der Waals surface area (Å²) in [5, 5.41) is 17.5. The summed E-state index contributed by atoms with van der Waals surface area (Å²) in [6, 6.07) is 4.75. The summed E-state index contributed by atoms with van der Waals surface area (Å²) < 4.78 is 39.3. The molecule has 0 radical (unpaired) electrons. The van der Waals surface area contributed by atoms with Crippen molar-refractivity contribution >= 4 is 0 Å². The fourth-order valence-corrected chi connectivity index (χ4v) is 2.53. The lowest BCUT2D eigenvalue weighted by atomic mass is 9.97. The summed E-state index contributed by atoms with van der Waals surface area (Å²) in [6.07, 6.45) is 1.32. The molecule has 2 aromatic rings. The van der Waals surface area contributed by atoms with Gasteiger partial charge in [-0.15, -0.1) is 5.10 Å². The highest BCUT2D eigenvalue weighted by molar-refractivity contribution is 5.62. The number of benzene rings is 1. The van der Waals surface area contributed by atoms with Crippen LogP contribution in [0.1, 0.15) is 6.42 Å². The zero-order valence-corrected chi connectivity index (χ0v) is 12.6. The number of methoxy groups -OCH3 is 1. The lowest BCUT2D eigenvalue weighted by Gasteiger charge is -2.30. The maximum absolute atomic E-state index is 13.8. The molecule has 23 heavy (non-hydrogen) atoms. The van der Waals surface area contributed by atoms with Crippen molar-refractivity contribution < 1.29 is 23.4 Å². The fraction of sp³-hybridized carbons (Fsp3) is 0.467. The predicted molar refractivity (Wildman–Crippen MR) is 77.5 cm³/mol. The van der Waals surface area contributed by atoms with Gasteiger partial charge in [-0.05, 0) is 18.2 Å². The molecule has 1 aliphatic rings.